The molecule has 1 amide bonds. The molecule has 4 rings (SSSR count). The third-order valence-electron chi connectivity index (χ3n) is 5.80. The van der Waals surface area contributed by atoms with Gasteiger partial charge in [-0.3, -0.25) is 14.2 Å². The Morgan fingerprint density at radius 2 is 1.97 bits per heavy atom. The maximum atomic E-state index is 13.3. The molecule has 0 saturated heterocycles. The van der Waals surface area contributed by atoms with Crippen LogP contribution in [0.5, 0.6) is 0 Å². The molecule has 0 radical (unpaired) electrons. The van der Waals surface area contributed by atoms with E-state index in [0.717, 1.165) is 57.6 Å². The average molecular weight is 410 g/mol. The van der Waals surface area contributed by atoms with Crippen LogP contribution in [-0.2, 0) is 11.3 Å². The van der Waals surface area contributed by atoms with E-state index in [1.165, 1.54) is 28.7 Å². The zero-order chi connectivity index (χ0) is 20.5. The molecular formula is C23H27N3O2S. The molecule has 1 saturated carbocycles. The van der Waals surface area contributed by atoms with E-state index in [0.29, 0.717) is 5.39 Å². The van der Waals surface area contributed by atoms with Gasteiger partial charge in [0, 0.05) is 16.5 Å². The minimum atomic E-state index is -0.144. The molecule has 1 aromatic carbocycles. The molecule has 1 aliphatic rings. The Bertz CT molecular complexity index is 1120. The lowest BCUT2D eigenvalue weighted by Gasteiger charge is -2.22. The number of hydrogen-bond acceptors (Lipinski definition) is 4. The minimum Gasteiger partial charge on any atom is -0.352 e. The molecule has 0 atom stereocenters. The van der Waals surface area contributed by atoms with Crippen LogP contribution in [0.4, 0.5) is 0 Å². The van der Waals surface area contributed by atoms with Crippen LogP contribution in [0, 0.1) is 20.8 Å². The van der Waals surface area contributed by atoms with E-state index in [1.807, 2.05) is 6.92 Å². The van der Waals surface area contributed by atoms with Crippen LogP contribution in [0.3, 0.4) is 0 Å². The van der Waals surface area contributed by atoms with E-state index >= 15 is 0 Å². The summed E-state index contributed by atoms with van der Waals surface area (Å²) < 4.78 is 1.45. The maximum absolute atomic E-state index is 13.3. The Kier molecular flexibility index (Phi) is 5.54. The van der Waals surface area contributed by atoms with Crippen molar-refractivity contribution in [2.24, 2.45) is 0 Å². The molecule has 0 bridgehead atoms. The van der Waals surface area contributed by atoms with E-state index < -0.39 is 0 Å². The lowest BCUT2D eigenvalue weighted by molar-refractivity contribution is -0.122. The van der Waals surface area contributed by atoms with E-state index in [-0.39, 0.29) is 24.1 Å². The topological polar surface area (TPSA) is 64.0 Å². The number of nitrogens with one attached hydrogen (secondary N) is 1. The zero-order valence-electron chi connectivity index (χ0n) is 17.2. The Balaban J connectivity index is 1.71. The van der Waals surface area contributed by atoms with Crippen molar-refractivity contribution in [1.29, 1.82) is 0 Å². The van der Waals surface area contributed by atoms with Crippen molar-refractivity contribution in [3.63, 3.8) is 0 Å². The summed E-state index contributed by atoms with van der Waals surface area (Å²) in [6, 6.07) is 6.52. The van der Waals surface area contributed by atoms with E-state index in [4.69, 9.17) is 0 Å². The normalized spacial score (nSPS) is 15.0. The summed E-state index contributed by atoms with van der Waals surface area (Å²) in [5, 5.41) is 3.71. The third-order valence-corrected chi connectivity index (χ3v) is 6.81. The number of carbonyl (C=O) groups is 1. The second-order valence-corrected chi connectivity index (χ2v) is 9.32. The summed E-state index contributed by atoms with van der Waals surface area (Å²) in [4.78, 5) is 32.1. The molecule has 0 unspecified atom stereocenters. The zero-order valence-corrected chi connectivity index (χ0v) is 18.1. The van der Waals surface area contributed by atoms with E-state index in [9.17, 15) is 9.59 Å². The molecule has 29 heavy (non-hydrogen) atoms. The number of nitrogens with zero attached hydrogens (tertiary/aromatic N) is 2. The summed E-state index contributed by atoms with van der Waals surface area (Å²) in [5.74, 6) is -0.111. The van der Waals surface area contributed by atoms with E-state index in [1.54, 1.807) is 0 Å². The van der Waals surface area contributed by atoms with Crippen LogP contribution in [-0.4, -0.2) is 21.5 Å². The predicted octanol–water partition coefficient (Wildman–Crippen LogP) is 4.50. The summed E-state index contributed by atoms with van der Waals surface area (Å²) >= 11 is 1.53. The Hall–Kier alpha value is -2.47. The first-order chi connectivity index (χ1) is 13.9. The molecule has 0 aliphatic heterocycles. The minimum absolute atomic E-state index is 0.0133. The number of aryl methyl sites for hydroxylation is 3. The first-order valence-corrected chi connectivity index (χ1v) is 11.1. The highest BCUT2D eigenvalue weighted by Crippen LogP contribution is 2.37. The maximum Gasteiger partial charge on any atom is 0.263 e. The molecule has 1 fully saturated rings. The fourth-order valence-corrected chi connectivity index (χ4v) is 5.25. The molecular weight excluding hydrogens is 382 g/mol. The summed E-state index contributed by atoms with van der Waals surface area (Å²) in [6.07, 6.45) is 7.12. The Morgan fingerprint density at radius 3 is 2.72 bits per heavy atom. The van der Waals surface area contributed by atoms with Gasteiger partial charge >= 0.3 is 0 Å². The molecule has 152 valence electrons. The van der Waals surface area contributed by atoms with Gasteiger partial charge in [0.1, 0.15) is 11.4 Å². The molecule has 2 heterocycles. The van der Waals surface area contributed by atoms with Gasteiger partial charge in [0.05, 0.1) is 11.7 Å². The quantitative estimate of drug-likeness (QED) is 0.690. The summed E-state index contributed by atoms with van der Waals surface area (Å²) in [5.41, 5.74) is 4.15. The number of hydrogen-bond donors (Lipinski definition) is 1. The molecule has 5 nitrogen and oxygen atoms in total. The van der Waals surface area contributed by atoms with Crippen molar-refractivity contribution in [3.05, 3.63) is 50.9 Å². The molecule has 0 spiro atoms. The molecule has 1 aliphatic carbocycles. The fraction of sp³-hybridized carbons (Fsp3) is 0.435. The van der Waals surface area contributed by atoms with Crippen molar-refractivity contribution in [3.8, 4) is 11.1 Å². The Labute approximate surface area is 174 Å². The third kappa shape index (κ3) is 3.99. The SMILES string of the molecule is Cc1ccc(C)c(-c2c(C)sc3ncn(CC(=O)NC4CCCCC4)c(=O)c23)c1. The highest BCUT2D eigenvalue weighted by Gasteiger charge is 2.20. The standard InChI is InChI=1S/C23H27N3O2S/c1-14-9-10-15(2)18(11-14)20-16(3)29-22-21(20)23(28)26(13-24-22)12-19(27)25-17-7-5-4-6-8-17/h9-11,13,17H,4-8,12H2,1-3H3,(H,25,27). The average Bonchev–Trinajstić information content (AvgIpc) is 3.03. The number of benzene rings is 1. The monoisotopic (exact) mass is 409 g/mol. The fourth-order valence-electron chi connectivity index (χ4n) is 4.25. The van der Waals surface area contributed by atoms with Gasteiger partial charge in [-0.1, -0.05) is 43.0 Å². The van der Waals surface area contributed by atoms with Crippen molar-refractivity contribution < 1.29 is 4.79 Å². The number of fused-ring (bicyclic) bond motifs is 1. The highest BCUT2D eigenvalue weighted by atomic mass is 32.1. The molecule has 6 heteroatoms. The van der Waals surface area contributed by atoms with Gasteiger partial charge in [-0.2, -0.15) is 0 Å². The van der Waals surface area contributed by atoms with Crippen molar-refractivity contribution in [2.45, 2.75) is 65.5 Å². The predicted molar refractivity (Wildman–Crippen MR) is 119 cm³/mol. The largest absolute Gasteiger partial charge is 0.352 e. The number of carbonyl (C=O) groups excluding carboxylic acids is 1. The van der Waals surface area contributed by atoms with Gasteiger partial charge in [0.15, 0.2) is 0 Å². The van der Waals surface area contributed by atoms with E-state index in [2.05, 4.69) is 42.3 Å². The van der Waals surface area contributed by atoms with Crippen LogP contribution in [0.25, 0.3) is 21.3 Å². The first-order valence-electron chi connectivity index (χ1n) is 10.3. The number of rotatable bonds is 4. The van der Waals surface area contributed by atoms with Gasteiger partial charge in [0.2, 0.25) is 5.91 Å². The first kappa shape index (κ1) is 19.8. The van der Waals surface area contributed by atoms with Crippen molar-refractivity contribution in [2.75, 3.05) is 0 Å². The van der Waals surface area contributed by atoms with Crippen LogP contribution >= 0.6 is 11.3 Å². The van der Waals surface area contributed by atoms with Gasteiger partial charge < -0.3 is 5.32 Å². The van der Waals surface area contributed by atoms with Gasteiger partial charge in [-0.25, -0.2) is 4.98 Å². The Morgan fingerprint density at radius 1 is 1.21 bits per heavy atom. The van der Waals surface area contributed by atoms with Crippen LogP contribution in [0.2, 0.25) is 0 Å². The number of aromatic nitrogens is 2. The van der Waals surface area contributed by atoms with Crippen LogP contribution in [0.1, 0.15) is 48.1 Å². The molecule has 3 aromatic rings. The molecule has 1 N–H and O–H groups in total. The van der Waals surface area contributed by atoms with Crippen LogP contribution in [0.15, 0.2) is 29.3 Å². The summed E-state index contributed by atoms with van der Waals surface area (Å²) in [7, 11) is 0. The number of amides is 1. The van der Waals surface area contributed by atoms with Crippen molar-refractivity contribution >= 4 is 27.5 Å². The van der Waals surface area contributed by atoms with Gasteiger partial charge in [0.25, 0.3) is 5.56 Å². The highest BCUT2D eigenvalue weighted by molar-refractivity contribution is 7.19. The van der Waals surface area contributed by atoms with Gasteiger partial charge in [-0.15, -0.1) is 11.3 Å². The lowest BCUT2D eigenvalue weighted by atomic mass is 9.95. The second-order valence-electron chi connectivity index (χ2n) is 8.11. The smallest absolute Gasteiger partial charge is 0.263 e. The summed E-state index contributed by atoms with van der Waals surface area (Å²) in [6.45, 7) is 6.16. The van der Waals surface area contributed by atoms with Crippen LogP contribution < -0.4 is 10.9 Å². The van der Waals surface area contributed by atoms with Gasteiger partial charge in [-0.05, 0) is 44.7 Å². The van der Waals surface area contributed by atoms with Crippen molar-refractivity contribution in [1.82, 2.24) is 14.9 Å². The second kappa shape index (κ2) is 8.11. The number of thiophene rings is 1. The molecule has 2 aromatic heterocycles. The lowest BCUT2D eigenvalue weighted by Crippen LogP contribution is -2.39.